The van der Waals surface area contributed by atoms with Gasteiger partial charge in [-0.2, -0.15) is 0 Å². The molecule has 6 nitrogen and oxygen atoms in total. The minimum absolute atomic E-state index is 0.0112. The van der Waals surface area contributed by atoms with Crippen molar-refractivity contribution in [3.63, 3.8) is 0 Å². The largest absolute Gasteiger partial charge is 0.469 e. The molecule has 7 heteroatoms. The van der Waals surface area contributed by atoms with Crippen molar-refractivity contribution in [2.45, 2.75) is 6.42 Å². The number of carbonyl (C=O) groups excluding carboxylic acids is 1. The summed E-state index contributed by atoms with van der Waals surface area (Å²) in [5.41, 5.74) is -0.0513. The second-order valence-electron chi connectivity index (χ2n) is 4.98. The van der Waals surface area contributed by atoms with E-state index in [1.165, 1.54) is 31.8 Å². The number of rotatable bonds is 5. The van der Waals surface area contributed by atoms with Crippen molar-refractivity contribution in [2.75, 3.05) is 7.11 Å². The Kier molecular flexibility index (Phi) is 4.90. The molecule has 0 fully saturated rings. The third-order valence-electron chi connectivity index (χ3n) is 3.35. The van der Waals surface area contributed by atoms with E-state index >= 15 is 0 Å². The van der Waals surface area contributed by atoms with Gasteiger partial charge in [0.2, 0.25) is 16.9 Å². The van der Waals surface area contributed by atoms with Crippen LogP contribution >= 0.6 is 11.6 Å². The Labute approximate surface area is 147 Å². The molecule has 0 N–H and O–H groups in total. The molecule has 3 aromatic rings. The molecule has 1 aromatic carbocycles. The molecule has 3 rings (SSSR count). The smallest absolute Gasteiger partial charge is 0.309 e. The van der Waals surface area contributed by atoms with Crippen molar-refractivity contribution >= 4 is 28.5 Å². The van der Waals surface area contributed by atoms with Crippen LogP contribution in [0.1, 0.15) is 6.42 Å². The van der Waals surface area contributed by atoms with E-state index < -0.39 is 11.4 Å². The summed E-state index contributed by atoms with van der Waals surface area (Å²) in [6.07, 6.45) is 4.13. The second kappa shape index (κ2) is 7.27. The summed E-state index contributed by atoms with van der Waals surface area (Å²) in [5, 5.41) is 0.678. The summed E-state index contributed by atoms with van der Waals surface area (Å²) in [5.74, 6) is -0.00729. The molecule has 2 heterocycles. The first-order valence-corrected chi connectivity index (χ1v) is 7.66. The Morgan fingerprint density at radius 3 is 2.88 bits per heavy atom. The Morgan fingerprint density at radius 1 is 1.32 bits per heavy atom. The fourth-order valence-electron chi connectivity index (χ4n) is 2.17. The van der Waals surface area contributed by atoms with Gasteiger partial charge in [-0.15, -0.1) is 0 Å². The number of carbonyl (C=O) groups is 1. The molecule has 0 saturated heterocycles. The van der Waals surface area contributed by atoms with E-state index in [1.807, 2.05) is 0 Å². The number of methoxy groups -OCH3 is 1. The Morgan fingerprint density at radius 2 is 2.16 bits per heavy atom. The zero-order chi connectivity index (χ0) is 17.8. The van der Waals surface area contributed by atoms with Gasteiger partial charge in [0.1, 0.15) is 5.58 Å². The standard InChI is InChI=1S/C18H13ClO6/c1-22-15(20)5-3-9-24-18-16(21)12-10-11(19)6-7-13(12)25-17(18)14-4-2-8-23-14/h2-4,6-10H,5H2,1H3/b9-3-. The van der Waals surface area contributed by atoms with Crippen molar-refractivity contribution in [1.29, 1.82) is 0 Å². The molecular weight excluding hydrogens is 348 g/mol. The van der Waals surface area contributed by atoms with E-state index in [0.29, 0.717) is 16.4 Å². The number of fused-ring (bicyclic) bond motifs is 1. The third kappa shape index (κ3) is 3.59. The maximum Gasteiger partial charge on any atom is 0.309 e. The Bertz CT molecular complexity index is 985. The van der Waals surface area contributed by atoms with Gasteiger partial charge in [0.15, 0.2) is 5.76 Å². The van der Waals surface area contributed by atoms with Crippen LogP contribution in [0.15, 0.2) is 62.6 Å². The molecule has 0 unspecified atom stereocenters. The van der Waals surface area contributed by atoms with Gasteiger partial charge >= 0.3 is 5.97 Å². The van der Waals surface area contributed by atoms with Crippen LogP contribution in [-0.2, 0) is 9.53 Å². The first-order valence-electron chi connectivity index (χ1n) is 7.29. The Balaban J connectivity index is 2.07. The monoisotopic (exact) mass is 360 g/mol. The first kappa shape index (κ1) is 16.9. The van der Waals surface area contributed by atoms with Gasteiger partial charge < -0.3 is 18.3 Å². The molecule has 0 amide bonds. The average Bonchev–Trinajstić information content (AvgIpc) is 3.14. The number of hydrogen-bond acceptors (Lipinski definition) is 6. The van der Waals surface area contributed by atoms with E-state index in [2.05, 4.69) is 4.74 Å². The lowest BCUT2D eigenvalue weighted by molar-refractivity contribution is -0.139. The maximum absolute atomic E-state index is 12.8. The SMILES string of the molecule is COC(=O)C/C=C\Oc1c(-c2ccco2)oc2ccc(Cl)cc2c1=O. The maximum atomic E-state index is 12.8. The topological polar surface area (TPSA) is 78.9 Å². The number of halogens is 1. The fourth-order valence-corrected chi connectivity index (χ4v) is 2.34. The van der Waals surface area contributed by atoms with Crippen LogP contribution in [0.4, 0.5) is 0 Å². The van der Waals surface area contributed by atoms with E-state index in [1.54, 1.807) is 24.3 Å². The molecule has 0 aliphatic rings. The van der Waals surface area contributed by atoms with E-state index in [9.17, 15) is 9.59 Å². The molecule has 0 aliphatic carbocycles. The predicted molar refractivity (Wildman–Crippen MR) is 91.6 cm³/mol. The van der Waals surface area contributed by atoms with Gasteiger partial charge in [-0.05, 0) is 36.4 Å². The summed E-state index contributed by atoms with van der Waals surface area (Å²) in [6, 6.07) is 8.03. The van der Waals surface area contributed by atoms with Gasteiger partial charge in [0, 0.05) is 5.02 Å². The zero-order valence-corrected chi connectivity index (χ0v) is 13.9. The summed E-state index contributed by atoms with van der Waals surface area (Å²) < 4.78 is 21.0. The van der Waals surface area contributed by atoms with Crippen molar-refractivity contribution in [3.05, 3.63) is 64.2 Å². The lowest BCUT2D eigenvalue weighted by Crippen LogP contribution is -2.07. The zero-order valence-electron chi connectivity index (χ0n) is 13.2. The molecule has 0 saturated carbocycles. The van der Waals surface area contributed by atoms with Crippen LogP contribution in [0.3, 0.4) is 0 Å². The van der Waals surface area contributed by atoms with Crippen molar-refractivity contribution in [3.8, 4) is 17.3 Å². The molecule has 25 heavy (non-hydrogen) atoms. The van der Waals surface area contributed by atoms with Crippen LogP contribution in [0, 0.1) is 0 Å². The van der Waals surface area contributed by atoms with Crippen LogP contribution in [0.5, 0.6) is 5.75 Å². The van der Waals surface area contributed by atoms with Gasteiger partial charge in [0.25, 0.3) is 0 Å². The van der Waals surface area contributed by atoms with E-state index in [0.717, 1.165) is 0 Å². The average molecular weight is 361 g/mol. The van der Waals surface area contributed by atoms with Crippen LogP contribution in [0.25, 0.3) is 22.5 Å². The summed E-state index contributed by atoms with van der Waals surface area (Å²) in [7, 11) is 1.29. The van der Waals surface area contributed by atoms with Crippen LogP contribution < -0.4 is 10.2 Å². The first-order chi connectivity index (χ1) is 12.1. The number of furan rings is 1. The van der Waals surface area contributed by atoms with Crippen LogP contribution in [-0.4, -0.2) is 13.1 Å². The van der Waals surface area contributed by atoms with Crippen molar-refractivity contribution < 1.29 is 23.1 Å². The van der Waals surface area contributed by atoms with E-state index in [4.69, 9.17) is 25.2 Å². The van der Waals surface area contributed by atoms with Crippen LogP contribution in [0.2, 0.25) is 5.02 Å². The normalized spacial score (nSPS) is 11.1. The minimum atomic E-state index is -0.427. The third-order valence-corrected chi connectivity index (χ3v) is 3.59. The lowest BCUT2D eigenvalue weighted by Gasteiger charge is -2.07. The highest BCUT2D eigenvalue weighted by Crippen LogP contribution is 2.32. The Hall–Kier alpha value is -2.99. The van der Waals surface area contributed by atoms with E-state index in [-0.39, 0.29) is 23.3 Å². The summed E-state index contributed by atoms with van der Waals surface area (Å²) in [4.78, 5) is 23.9. The van der Waals surface area contributed by atoms with Crippen molar-refractivity contribution in [1.82, 2.24) is 0 Å². The van der Waals surface area contributed by atoms with Gasteiger partial charge in [0.05, 0.1) is 31.4 Å². The molecule has 0 spiro atoms. The highest BCUT2D eigenvalue weighted by atomic mass is 35.5. The molecule has 2 aromatic heterocycles. The summed E-state index contributed by atoms with van der Waals surface area (Å²) in [6.45, 7) is 0. The molecule has 128 valence electrons. The highest BCUT2D eigenvalue weighted by molar-refractivity contribution is 6.31. The number of benzene rings is 1. The van der Waals surface area contributed by atoms with Crippen molar-refractivity contribution in [2.24, 2.45) is 0 Å². The van der Waals surface area contributed by atoms with Gasteiger partial charge in [-0.25, -0.2) is 0 Å². The quantitative estimate of drug-likeness (QED) is 0.502. The highest BCUT2D eigenvalue weighted by Gasteiger charge is 2.19. The molecule has 0 atom stereocenters. The predicted octanol–water partition coefficient (Wildman–Crippen LogP) is 4.16. The number of ether oxygens (including phenoxy) is 2. The minimum Gasteiger partial charge on any atom is -0.469 e. The second-order valence-corrected chi connectivity index (χ2v) is 5.41. The van der Waals surface area contributed by atoms with Gasteiger partial charge in [-0.1, -0.05) is 11.6 Å². The summed E-state index contributed by atoms with van der Waals surface area (Å²) >= 11 is 5.95. The number of hydrogen-bond donors (Lipinski definition) is 0. The fraction of sp³-hybridized carbons (Fsp3) is 0.111. The molecule has 0 aliphatic heterocycles. The molecular formula is C18H13ClO6. The number of esters is 1. The van der Waals surface area contributed by atoms with Gasteiger partial charge in [-0.3, -0.25) is 9.59 Å². The molecule has 0 bridgehead atoms. The molecule has 0 radical (unpaired) electrons. The lowest BCUT2D eigenvalue weighted by atomic mass is 10.2.